The Labute approximate surface area is 132 Å². The largest absolute Gasteiger partial charge is 0.457 e. The molecule has 0 aliphatic carbocycles. The van der Waals surface area contributed by atoms with Crippen LogP contribution in [-0.4, -0.2) is 20.2 Å². The summed E-state index contributed by atoms with van der Waals surface area (Å²) < 4.78 is 5.90. The fourth-order valence-electron chi connectivity index (χ4n) is 2.46. The van der Waals surface area contributed by atoms with Gasteiger partial charge in [0.2, 0.25) is 0 Å². The lowest BCUT2D eigenvalue weighted by Gasteiger charge is -2.06. The Balaban J connectivity index is 1.57. The number of aromatic nitrogens is 4. The molecule has 0 amide bonds. The smallest absolute Gasteiger partial charge is 0.129 e. The molecule has 4 N–H and O–H groups in total. The molecule has 2 aromatic carbocycles. The number of H-pyrrole nitrogens is 2. The molecule has 6 nitrogen and oxygen atoms in total. The van der Waals surface area contributed by atoms with Gasteiger partial charge in [-0.05, 0) is 48.0 Å². The van der Waals surface area contributed by atoms with Crippen molar-refractivity contribution in [2.45, 2.75) is 6.54 Å². The van der Waals surface area contributed by atoms with Gasteiger partial charge >= 0.3 is 0 Å². The summed E-state index contributed by atoms with van der Waals surface area (Å²) >= 11 is 0. The molecule has 0 bridgehead atoms. The van der Waals surface area contributed by atoms with Crippen molar-refractivity contribution >= 4 is 11.0 Å². The van der Waals surface area contributed by atoms with Crippen molar-refractivity contribution in [1.29, 1.82) is 0 Å². The Kier molecular flexibility index (Phi) is 3.29. The number of rotatable bonds is 4. The molecular weight excluding hydrogens is 290 g/mol. The maximum Gasteiger partial charge on any atom is 0.129 e. The first-order valence-corrected chi connectivity index (χ1v) is 7.28. The number of aromatic amines is 2. The zero-order valence-corrected chi connectivity index (χ0v) is 12.3. The van der Waals surface area contributed by atoms with Crippen LogP contribution in [0.5, 0.6) is 11.5 Å². The molecule has 2 heterocycles. The SMILES string of the molecule is NCc1nc2ccc(Oc3ccc(-c4ccn[nH]4)cc3)cc2[nH]1. The van der Waals surface area contributed by atoms with E-state index in [0.29, 0.717) is 6.54 Å². The van der Waals surface area contributed by atoms with Crippen LogP contribution in [0, 0.1) is 0 Å². The molecule has 0 unspecified atom stereocenters. The first-order valence-electron chi connectivity index (χ1n) is 7.28. The highest BCUT2D eigenvalue weighted by molar-refractivity contribution is 5.77. The van der Waals surface area contributed by atoms with Crippen LogP contribution < -0.4 is 10.5 Å². The van der Waals surface area contributed by atoms with E-state index in [0.717, 1.165) is 39.6 Å². The molecule has 0 atom stereocenters. The van der Waals surface area contributed by atoms with E-state index >= 15 is 0 Å². The molecule has 0 radical (unpaired) electrons. The van der Waals surface area contributed by atoms with Crippen molar-refractivity contribution in [3.05, 3.63) is 60.6 Å². The van der Waals surface area contributed by atoms with Crippen molar-refractivity contribution in [2.24, 2.45) is 5.73 Å². The van der Waals surface area contributed by atoms with Crippen molar-refractivity contribution in [3.8, 4) is 22.8 Å². The second kappa shape index (κ2) is 5.58. The summed E-state index contributed by atoms with van der Waals surface area (Å²) in [6.07, 6.45) is 1.73. The monoisotopic (exact) mass is 305 g/mol. The van der Waals surface area contributed by atoms with E-state index in [-0.39, 0.29) is 0 Å². The maximum atomic E-state index is 5.90. The van der Waals surface area contributed by atoms with Gasteiger partial charge in [-0.3, -0.25) is 5.10 Å². The fraction of sp³-hybridized carbons (Fsp3) is 0.0588. The summed E-state index contributed by atoms with van der Waals surface area (Å²) in [5, 5.41) is 6.89. The van der Waals surface area contributed by atoms with E-state index in [1.54, 1.807) is 6.20 Å². The van der Waals surface area contributed by atoms with Crippen LogP contribution in [0.25, 0.3) is 22.3 Å². The third-order valence-electron chi connectivity index (χ3n) is 3.60. The molecule has 0 saturated carbocycles. The number of nitrogens with one attached hydrogen (secondary N) is 2. The van der Waals surface area contributed by atoms with Crippen LogP contribution in [0.2, 0.25) is 0 Å². The highest BCUT2D eigenvalue weighted by Crippen LogP contribution is 2.26. The first-order chi connectivity index (χ1) is 11.3. The van der Waals surface area contributed by atoms with Gasteiger partial charge < -0.3 is 15.5 Å². The summed E-state index contributed by atoms with van der Waals surface area (Å²) in [6, 6.07) is 15.5. The van der Waals surface area contributed by atoms with E-state index < -0.39 is 0 Å². The molecule has 0 saturated heterocycles. The highest BCUT2D eigenvalue weighted by atomic mass is 16.5. The van der Waals surface area contributed by atoms with Gasteiger partial charge in [0.05, 0.1) is 23.3 Å². The molecule has 4 rings (SSSR count). The third kappa shape index (κ3) is 2.67. The number of hydrogen-bond donors (Lipinski definition) is 3. The van der Waals surface area contributed by atoms with Gasteiger partial charge in [-0.2, -0.15) is 5.10 Å². The summed E-state index contributed by atoms with van der Waals surface area (Å²) in [6.45, 7) is 0.389. The van der Waals surface area contributed by atoms with Crippen LogP contribution in [0.15, 0.2) is 54.7 Å². The standard InChI is InChI=1S/C17H15N5O/c18-10-17-20-15-6-5-13(9-16(15)21-17)23-12-3-1-11(2-4-12)14-7-8-19-22-14/h1-9H,10,18H2,(H,19,22)(H,20,21). The quantitative estimate of drug-likeness (QED) is 0.540. The molecule has 4 aromatic rings. The average Bonchev–Trinajstić information content (AvgIpc) is 3.24. The number of fused-ring (bicyclic) bond motifs is 1. The number of ether oxygens (including phenoxy) is 1. The molecule has 2 aromatic heterocycles. The van der Waals surface area contributed by atoms with Gasteiger partial charge in [-0.25, -0.2) is 4.98 Å². The average molecular weight is 305 g/mol. The Bertz CT molecular complexity index is 925. The Morgan fingerprint density at radius 1 is 1.00 bits per heavy atom. The molecule has 23 heavy (non-hydrogen) atoms. The van der Waals surface area contributed by atoms with Gasteiger partial charge in [0, 0.05) is 12.3 Å². The van der Waals surface area contributed by atoms with Gasteiger partial charge in [-0.15, -0.1) is 0 Å². The van der Waals surface area contributed by atoms with Gasteiger partial charge in [0.1, 0.15) is 17.3 Å². The predicted molar refractivity (Wildman–Crippen MR) is 88.1 cm³/mol. The third-order valence-corrected chi connectivity index (χ3v) is 3.60. The molecule has 114 valence electrons. The summed E-state index contributed by atoms with van der Waals surface area (Å²) in [5.74, 6) is 2.28. The lowest BCUT2D eigenvalue weighted by atomic mass is 10.1. The fourth-order valence-corrected chi connectivity index (χ4v) is 2.46. The van der Waals surface area contributed by atoms with Crippen molar-refractivity contribution in [3.63, 3.8) is 0 Å². The number of hydrogen-bond acceptors (Lipinski definition) is 4. The van der Waals surface area contributed by atoms with Gasteiger partial charge in [-0.1, -0.05) is 0 Å². The van der Waals surface area contributed by atoms with Crippen molar-refractivity contribution < 1.29 is 4.74 Å². The van der Waals surface area contributed by atoms with E-state index in [1.165, 1.54) is 0 Å². The van der Waals surface area contributed by atoms with Crippen LogP contribution in [0.1, 0.15) is 5.82 Å². The molecule has 0 spiro atoms. The Morgan fingerprint density at radius 3 is 2.57 bits per heavy atom. The van der Waals surface area contributed by atoms with Crippen molar-refractivity contribution in [2.75, 3.05) is 0 Å². The van der Waals surface area contributed by atoms with E-state index in [4.69, 9.17) is 10.5 Å². The van der Waals surface area contributed by atoms with E-state index in [2.05, 4.69) is 20.2 Å². The zero-order chi connectivity index (χ0) is 15.6. The van der Waals surface area contributed by atoms with Crippen LogP contribution in [-0.2, 0) is 6.54 Å². The Hall–Kier alpha value is -3.12. The number of imidazole rings is 1. The molecule has 0 fully saturated rings. The minimum absolute atomic E-state index is 0.389. The van der Waals surface area contributed by atoms with Gasteiger partial charge in [0.15, 0.2) is 0 Å². The molecule has 0 aliphatic rings. The number of benzene rings is 2. The predicted octanol–water partition coefficient (Wildman–Crippen LogP) is 3.20. The molecule has 6 heteroatoms. The van der Waals surface area contributed by atoms with Crippen LogP contribution >= 0.6 is 0 Å². The minimum Gasteiger partial charge on any atom is -0.457 e. The number of nitrogens with zero attached hydrogens (tertiary/aromatic N) is 2. The summed E-state index contributed by atoms with van der Waals surface area (Å²) in [4.78, 5) is 7.55. The summed E-state index contributed by atoms with van der Waals surface area (Å²) in [5.41, 5.74) is 9.43. The second-order valence-electron chi connectivity index (χ2n) is 5.16. The van der Waals surface area contributed by atoms with Crippen LogP contribution in [0.4, 0.5) is 0 Å². The zero-order valence-electron chi connectivity index (χ0n) is 12.3. The highest BCUT2D eigenvalue weighted by Gasteiger charge is 2.05. The normalized spacial score (nSPS) is 11.0. The lowest BCUT2D eigenvalue weighted by Crippen LogP contribution is -1.97. The van der Waals surface area contributed by atoms with E-state index in [9.17, 15) is 0 Å². The second-order valence-corrected chi connectivity index (χ2v) is 5.16. The molecule has 0 aliphatic heterocycles. The van der Waals surface area contributed by atoms with Crippen LogP contribution in [0.3, 0.4) is 0 Å². The lowest BCUT2D eigenvalue weighted by molar-refractivity contribution is 0.483. The summed E-state index contributed by atoms with van der Waals surface area (Å²) in [7, 11) is 0. The number of nitrogens with two attached hydrogens (primary N) is 1. The van der Waals surface area contributed by atoms with E-state index in [1.807, 2.05) is 48.5 Å². The topological polar surface area (TPSA) is 92.6 Å². The molecular formula is C17H15N5O. The first kappa shape index (κ1) is 13.5. The Morgan fingerprint density at radius 2 is 1.83 bits per heavy atom. The van der Waals surface area contributed by atoms with Gasteiger partial charge in [0.25, 0.3) is 0 Å². The van der Waals surface area contributed by atoms with Crippen molar-refractivity contribution in [1.82, 2.24) is 20.2 Å². The minimum atomic E-state index is 0.389. The maximum absolute atomic E-state index is 5.90.